The molecule has 0 amide bonds. The van der Waals surface area contributed by atoms with E-state index in [0.717, 1.165) is 18.5 Å². The van der Waals surface area contributed by atoms with E-state index in [1.807, 2.05) is 18.2 Å². The maximum absolute atomic E-state index is 12.3. The molecule has 4 aromatic rings. The Bertz CT molecular complexity index is 1310. The predicted octanol–water partition coefficient (Wildman–Crippen LogP) is 5.22. The number of aliphatic imine (C=N–C) groups is 1. The second-order valence-corrected chi connectivity index (χ2v) is 7.48. The monoisotopic (exact) mass is 407 g/mol. The molecule has 0 saturated heterocycles. The molecule has 0 radical (unpaired) electrons. The number of ether oxygens (including phenoxy) is 1. The number of hydrogen-bond acceptors (Lipinski definition) is 3. The highest BCUT2D eigenvalue weighted by Crippen LogP contribution is 2.36. The SMILES string of the molecule is NC(=Nc1ccc2cccc3c2c1CC3)Nc1cccc(OC(=O)c2ccccc2)c1. The third-order valence-corrected chi connectivity index (χ3v) is 5.43. The highest BCUT2D eigenvalue weighted by atomic mass is 16.5. The summed E-state index contributed by atoms with van der Waals surface area (Å²) in [5, 5.41) is 5.63. The molecule has 0 heterocycles. The van der Waals surface area contributed by atoms with E-state index in [1.165, 1.54) is 21.9 Å². The summed E-state index contributed by atoms with van der Waals surface area (Å²) in [6.45, 7) is 0. The Hall–Kier alpha value is -4.12. The van der Waals surface area contributed by atoms with Crippen LogP contribution >= 0.6 is 0 Å². The number of carbonyl (C=O) groups is 1. The highest BCUT2D eigenvalue weighted by molar-refractivity contribution is 5.98. The molecule has 152 valence electrons. The van der Waals surface area contributed by atoms with Crippen LogP contribution in [0.2, 0.25) is 0 Å². The van der Waals surface area contributed by atoms with Gasteiger partial charge in [0.25, 0.3) is 0 Å². The second-order valence-electron chi connectivity index (χ2n) is 7.48. The number of rotatable bonds is 4. The number of nitrogens with one attached hydrogen (secondary N) is 1. The van der Waals surface area contributed by atoms with Crippen molar-refractivity contribution in [2.75, 3.05) is 5.32 Å². The Morgan fingerprint density at radius 3 is 2.61 bits per heavy atom. The summed E-state index contributed by atoms with van der Waals surface area (Å²) in [4.78, 5) is 16.9. The average molecular weight is 407 g/mol. The van der Waals surface area contributed by atoms with E-state index >= 15 is 0 Å². The minimum absolute atomic E-state index is 0.284. The van der Waals surface area contributed by atoms with Crippen LogP contribution in [0.15, 0.2) is 89.9 Å². The molecule has 0 saturated carbocycles. The minimum atomic E-state index is -0.408. The van der Waals surface area contributed by atoms with Gasteiger partial charge in [0, 0.05) is 11.8 Å². The molecule has 0 aliphatic heterocycles. The number of aryl methyl sites for hydroxylation is 2. The van der Waals surface area contributed by atoms with Gasteiger partial charge in [-0.2, -0.15) is 0 Å². The second kappa shape index (κ2) is 7.95. The first-order valence-corrected chi connectivity index (χ1v) is 10.2. The van der Waals surface area contributed by atoms with Gasteiger partial charge < -0.3 is 15.8 Å². The molecule has 0 bridgehead atoms. The number of benzene rings is 4. The van der Waals surface area contributed by atoms with Gasteiger partial charge in [0.05, 0.1) is 11.3 Å². The molecule has 1 aliphatic carbocycles. The summed E-state index contributed by atoms with van der Waals surface area (Å²) >= 11 is 0. The zero-order valence-corrected chi connectivity index (χ0v) is 16.8. The third-order valence-electron chi connectivity index (χ3n) is 5.43. The molecule has 3 N–H and O–H groups in total. The summed E-state index contributed by atoms with van der Waals surface area (Å²) in [7, 11) is 0. The molecule has 5 rings (SSSR count). The largest absolute Gasteiger partial charge is 0.423 e. The lowest BCUT2D eigenvalue weighted by Gasteiger charge is -2.10. The molecule has 31 heavy (non-hydrogen) atoms. The van der Waals surface area contributed by atoms with Crippen LogP contribution < -0.4 is 15.8 Å². The van der Waals surface area contributed by atoms with Crippen LogP contribution in [0.25, 0.3) is 10.8 Å². The van der Waals surface area contributed by atoms with Crippen LogP contribution in [0.1, 0.15) is 21.5 Å². The zero-order chi connectivity index (χ0) is 21.2. The first-order valence-electron chi connectivity index (χ1n) is 10.2. The summed E-state index contributed by atoms with van der Waals surface area (Å²) in [5.74, 6) is 0.307. The van der Waals surface area contributed by atoms with Gasteiger partial charge in [-0.15, -0.1) is 0 Å². The maximum Gasteiger partial charge on any atom is 0.343 e. The highest BCUT2D eigenvalue weighted by Gasteiger charge is 2.17. The van der Waals surface area contributed by atoms with Gasteiger partial charge in [0.15, 0.2) is 5.96 Å². The van der Waals surface area contributed by atoms with E-state index in [4.69, 9.17) is 10.5 Å². The number of nitrogens with two attached hydrogens (primary N) is 1. The molecule has 0 unspecified atom stereocenters. The van der Waals surface area contributed by atoms with Crippen molar-refractivity contribution in [2.24, 2.45) is 10.7 Å². The minimum Gasteiger partial charge on any atom is -0.423 e. The maximum atomic E-state index is 12.3. The summed E-state index contributed by atoms with van der Waals surface area (Å²) in [6, 6.07) is 26.5. The first kappa shape index (κ1) is 18.9. The summed E-state index contributed by atoms with van der Waals surface area (Å²) < 4.78 is 5.47. The Labute approximate surface area is 180 Å². The van der Waals surface area contributed by atoms with Gasteiger partial charge in [-0.1, -0.05) is 48.5 Å². The van der Waals surface area contributed by atoms with Gasteiger partial charge in [0.1, 0.15) is 5.75 Å². The van der Waals surface area contributed by atoms with E-state index in [0.29, 0.717) is 17.0 Å². The first-order chi connectivity index (χ1) is 15.2. The smallest absolute Gasteiger partial charge is 0.343 e. The number of anilines is 1. The molecule has 0 atom stereocenters. The van der Waals surface area contributed by atoms with Crippen molar-refractivity contribution in [3.05, 3.63) is 102 Å². The van der Waals surface area contributed by atoms with Crippen molar-refractivity contribution >= 4 is 34.1 Å². The van der Waals surface area contributed by atoms with Crippen molar-refractivity contribution in [1.29, 1.82) is 0 Å². The lowest BCUT2D eigenvalue weighted by Crippen LogP contribution is -2.22. The van der Waals surface area contributed by atoms with E-state index in [1.54, 1.807) is 42.5 Å². The number of hydrogen-bond donors (Lipinski definition) is 2. The van der Waals surface area contributed by atoms with Crippen LogP contribution in [-0.4, -0.2) is 11.9 Å². The summed E-state index contributed by atoms with van der Waals surface area (Å²) in [6.07, 6.45) is 2.00. The fraction of sp³-hybridized carbons (Fsp3) is 0.0769. The fourth-order valence-corrected chi connectivity index (χ4v) is 4.03. The van der Waals surface area contributed by atoms with Crippen molar-refractivity contribution in [3.8, 4) is 5.75 Å². The average Bonchev–Trinajstić information content (AvgIpc) is 3.22. The predicted molar refractivity (Wildman–Crippen MR) is 124 cm³/mol. The number of nitrogens with zero attached hydrogens (tertiary/aromatic N) is 1. The molecular formula is C26H21N3O2. The Kier molecular flexibility index (Phi) is 4.84. The van der Waals surface area contributed by atoms with Crippen LogP contribution in [0.5, 0.6) is 5.75 Å². The Morgan fingerprint density at radius 1 is 0.903 bits per heavy atom. The van der Waals surface area contributed by atoms with Gasteiger partial charge in [-0.25, -0.2) is 9.79 Å². The zero-order valence-electron chi connectivity index (χ0n) is 16.8. The molecular weight excluding hydrogens is 386 g/mol. The molecule has 5 nitrogen and oxygen atoms in total. The molecule has 0 fully saturated rings. The van der Waals surface area contributed by atoms with Gasteiger partial charge >= 0.3 is 5.97 Å². The van der Waals surface area contributed by atoms with Crippen molar-refractivity contribution in [2.45, 2.75) is 12.8 Å². The lowest BCUT2D eigenvalue weighted by atomic mass is 10.0. The quantitative estimate of drug-likeness (QED) is 0.211. The standard InChI is InChI=1S/C26H21N3O2/c27-26(29-23-15-13-18-9-4-8-17-12-14-22(23)24(17)18)28-20-10-5-11-21(16-20)31-25(30)19-6-2-1-3-7-19/h1-11,13,15-16H,12,14H2,(H3,27,28,29). The number of guanidine groups is 1. The van der Waals surface area contributed by atoms with E-state index < -0.39 is 5.97 Å². The Morgan fingerprint density at radius 2 is 1.74 bits per heavy atom. The third kappa shape index (κ3) is 3.85. The molecule has 0 spiro atoms. The number of esters is 1. The van der Waals surface area contributed by atoms with Crippen LogP contribution in [0.4, 0.5) is 11.4 Å². The molecule has 1 aliphatic rings. The van der Waals surface area contributed by atoms with E-state index in [9.17, 15) is 4.79 Å². The van der Waals surface area contributed by atoms with Crippen LogP contribution in [-0.2, 0) is 12.8 Å². The van der Waals surface area contributed by atoms with Gasteiger partial charge in [-0.3, -0.25) is 0 Å². The topological polar surface area (TPSA) is 76.7 Å². The molecule has 0 aromatic heterocycles. The van der Waals surface area contributed by atoms with Crippen molar-refractivity contribution in [3.63, 3.8) is 0 Å². The fourth-order valence-electron chi connectivity index (χ4n) is 4.03. The van der Waals surface area contributed by atoms with Crippen LogP contribution in [0.3, 0.4) is 0 Å². The van der Waals surface area contributed by atoms with Crippen molar-refractivity contribution in [1.82, 2.24) is 0 Å². The molecule has 4 aromatic carbocycles. The molecule has 5 heteroatoms. The summed E-state index contributed by atoms with van der Waals surface area (Å²) in [5.41, 5.74) is 10.9. The van der Waals surface area contributed by atoms with Crippen molar-refractivity contribution < 1.29 is 9.53 Å². The van der Waals surface area contributed by atoms with E-state index in [-0.39, 0.29) is 5.96 Å². The van der Waals surface area contributed by atoms with Crippen LogP contribution in [0, 0.1) is 0 Å². The van der Waals surface area contributed by atoms with Gasteiger partial charge in [0.2, 0.25) is 0 Å². The van der Waals surface area contributed by atoms with Gasteiger partial charge in [-0.05, 0) is 65.1 Å². The Balaban J connectivity index is 1.35. The normalized spacial score (nSPS) is 12.7. The van der Waals surface area contributed by atoms with E-state index in [2.05, 4.69) is 34.6 Å². The number of carbonyl (C=O) groups excluding carboxylic acids is 1. The lowest BCUT2D eigenvalue weighted by molar-refractivity contribution is 0.0735.